The third-order valence-electron chi connectivity index (χ3n) is 1.16. The average Bonchev–Trinajstić information content (AvgIpc) is 2.01. The normalized spacial score (nSPS) is 10.5. The van der Waals surface area contributed by atoms with Gasteiger partial charge in [-0.3, -0.25) is 0 Å². The largest absolute Gasteiger partial charge is 0.379 e. The highest BCUT2D eigenvalue weighted by Gasteiger charge is 2.04. The van der Waals surface area contributed by atoms with Crippen LogP contribution in [0.2, 0.25) is 0 Å². The van der Waals surface area contributed by atoms with Gasteiger partial charge in [-0.25, -0.2) is 4.85 Å². The summed E-state index contributed by atoms with van der Waals surface area (Å²) < 4.78 is 25.3. The van der Waals surface area contributed by atoms with E-state index < -0.39 is 10.3 Å². The molecule has 0 heterocycles. The van der Waals surface area contributed by atoms with E-state index in [1.165, 1.54) is 24.3 Å². The summed E-state index contributed by atoms with van der Waals surface area (Å²) in [4.78, 5) is 3.10. The number of benzene rings is 1. The lowest BCUT2D eigenvalue weighted by Gasteiger charge is -2.01. The van der Waals surface area contributed by atoms with Crippen LogP contribution in [0.25, 0.3) is 4.85 Å². The Morgan fingerprint density at radius 2 is 2.15 bits per heavy atom. The van der Waals surface area contributed by atoms with Crippen molar-refractivity contribution < 1.29 is 12.6 Å². The maximum Gasteiger partial charge on any atom is 0.379 e. The van der Waals surface area contributed by atoms with Crippen LogP contribution in [0.4, 0.5) is 5.69 Å². The molecule has 0 aliphatic rings. The quantitative estimate of drug-likeness (QED) is 0.715. The molecule has 68 valence electrons. The van der Waals surface area contributed by atoms with E-state index in [4.69, 9.17) is 6.57 Å². The zero-order chi connectivity index (χ0) is 9.90. The Morgan fingerprint density at radius 3 is 2.69 bits per heavy atom. The van der Waals surface area contributed by atoms with Crippen LogP contribution >= 0.6 is 0 Å². The van der Waals surface area contributed by atoms with Crippen molar-refractivity contribution in [1.29, 1.82) is 0 Å². The van der Waals surface area contributed by atoms with Crippen LogP contribution in [0.3, 0.4) is 0 Å². The Bertz CT molecular complexity index is 447. The lowest BCUT2D eigenvalue weighted by atomic mass is 10.3. The average molecular weight is 198 g/mol. The third-order valence-corrected chi connectivity index (χ3v) is 1.58. The van der Waals surface area contributed by atoms with Gasteiger partial charge in [0, 0.05) is 0 Å². The molecule has 0 unspecified atom stereocenters. The molecule has 0 spiro atoms. The van der Waals surface area contributed by atoms with Gasteiger partial charge in [0.25, 0.3) is 0 Å². The summed E-state index contributed by atoms with van der Waals surface area (Å²) in [7, 11) is -4.01. The molecule has 2 N–H and O–H groups in total. The van der Waals surface area contributed by atoms with Crippen molar-refractivity contribution in [1.82, 2.24) is 0 Å². The minimum absolute atomic E-state index is 0.0380. The molecule has 1 aromatic carbocycles. The van der Waals surface area contributed by atoms with E-state index in [-0.39, 0.29) is 5.75 Å². The van der Waals surface area contributed by atoms with Crippen LogP contribution in [0.5, 0.6) is 5.75 Å². The molecule has 0 saturated heterocycles. The first-order valence-corrected chi connectivity index (χ1v) is 4.68. The van der Waals surface area contributed by atoms with Crippen LogP contribution < -0.4 is 9.32 Å². The summed E-state index contributed by atoms with van der Waals surface area (Å²) in [6.45, 7) is 6.66. The number of nitrogens with two attached hydrogens (primary N) is 1. The van der Waals surface area contributed by atoms with Gasteiger partial charge in [-0.05, 0) is 12.1 Å². The van der Waals surface area contributed by atoms with Gasteiger partial charge < -0.3 is 4.18 Å². The fourth-order valence-corrected chi connectivity index (χ4v) is 1.11. The van der Waals surface area contributed by atoms with Gasteiger partial charge in [0.15, 0.2) is 5.69 Å². The van der Waals surface area contributed by atoms with Crippen molar-refractivity contribution in [2.45, 2.75) is 0 Å². The Kier molecular flexibility index (Phi) is 2.51. The van der Waals surface area contributed by atoms with Gasteiger partial charge in [-0.1, -0.05) is 12.1 Å². The van der Waals surface area contributed by atoms with E-state index >= 15 is 0 Å². The molecule has 13 heavy (non-hydrogen) atoms. The maximum absolute atomic E-state index is 10.5. The van der Waals surface area contributed by atoms with Crippen molar-refractivity contribution in [3.05, 3.63) is 35.7 Å². The molecule has 0 radical (unpaired) electrons. The van der Waals surface area contributed by atoms with E-state index in [1.807, 2.05) is 0 Å². The van der Waals surface area contributed by atoms with E-state index in [1.54, 1.807) is 0 Å². The molecule has 1 aromatic rings. The van der Waals surface area contributed by atoms with Gasteiger partial charge in [-0.15, -0.1) is 0 Å². The van der Waals surface area contributed by atoms with Gasteiger partial charge >= 0.3 is 10.3 Å². The predicted octanol–water partition coefficient (Wildman–Crippen LogP) is 0.820. The number of rotatable bonds is 2. The van der Waals surface area contributed by atoms with Gasteiger partial charge in [0.1, 0.15) is 5.75 Å². The highest BCUT2D eigenvalue weighted by Crippen LogP contribution is 2.20. The van der Waals surface area contributed by atoms with Crippen LogP contribution in [-0.4, -0.2) is 8.42 Å². The first kappa shape index (κ1) is 9.51. The minimum Gasteiger partial charge on any atom is -0.372 e. The molecular formula is C7H6N2O3S. The topological polar surface area (TPSA) is 73.8 Å². The molecule has 0 aliphatic carbocycles. The fraction of sp³-hybridized carbons (Fsp3) is 0. The third kappa shape index (κ3) is 3.11. The van der Waals surface area contributed by atoms with Crippen LogP contribution in [-0.2, 0) is 10.3 Å². The Balaban J connectivity index is 2.99. The second-order valence-corrected chi connectivity index (χ2v) is 3.34. The Labute approximate surface area is 75.8 Å². The number of nitrogens with zero attached hydrogens (tertiary/aromatic N) is 1. The van der Waals surface area contributed by atoms with Gasteiger partial charge in [0.2, 0.25) is 0 Å². The van der Waals surface area contributed by atoms with Crippen molar-refractivity contribution in [3.63, 3.8) is 0 Å². The van der Waals surface area contributed by atoms with E-state index in [0.29, 0.717) is 5.69 Å². The molecule has 0 aliphatic heterocycles. The van der Waals surface area contributed by atoms with Crippen molar-refractivity contribution in [2.75, 3.05) is 0 Å². The van der Waals surface area contributed by atoms with Crippen molar-refractivity contribution >= 4 is 16.0 Å². The summed E-state index contributed by atoms with van der Waals surface area (Å²) in [6, 6.07) is 5.73. The first-order valence-electron chi connectivity index (χ1n) is 3.21. The summed E-state index contributed by atoms with van der Waals surface area (Å²) in [5, 5.41) is 4.63. The molecule has 6 heteroatoms. The van der Waals surface area contributed by atoms with E-state index in [9.17, 15) is 8.42 Å². The van der Waals surface area contributed by atoms with Crippen molar-refractivity contribution in [2.24, 2.45) is 5.14 Å². The predicted molar refractivity (Wildman–Crippen MR) is 46.4 cm³/mol. The molecule has 0 bridgehead atoms. The Hall–Kier alpha value is -1.58. The molecule has 0 saturated carbocycles. The Morgan fingerprint density at radius 1 is 1.46 bits per heavy atom. The van der Waals surface area contributed by atoms with E-state index in [2.05, 4.69) is 14.2 Å². The molecule has 0 fully saturated rings. The first-order chi connectivity index (χ1) is 6.01. The van der Waals surface area contributed by atoms with Crippen LogP contribution in [0.15, 0.2) is 24.3 Å². The lowest BCUT2D eigenvalue weighted by Crippen LogP contribution is -2.18. The SMILES string of the molecule is [C-]#[N+]c1cccc(OS(N)(=O)=O)c1. The smallest absolute Gasteiger partial charge is 0.372 e. The summed E-state index contributed by atoms with van der Waals surface area (Å²) >= 11 is 0. The minimum atomic E-state index is -4.01. The molecule has 5 nitrogen and oxygen atoms in total. The van der Waals surface area contributed by atoms with Gasteiger partial charge in [-0.2, -0.15) is 13.6 Å². The number of hydrogen-bond donors (Lipinski definition) is 1. The molecule has 0 aromatic heterocycles. The zero-order valence-corrected chi connectivity index (χ0v) is 7.28. The standard InChI is InChI=1S/C7H6N2O3S/c1-9-6-3-2-4-7(5-6)12-13(8,10)11/h2-5H,(H2,8,10,11). The highest BCUT2D eigenvalue weighted by molar-refractivity contribution is 7.84. The maximum atomic E-state index is 10.5. The number of hydrogen-bond acceptors (Lipinski definition) is 3. The van der Waals surface area contributed by atoms with Crippen LogP contribution in [0.1, 0.15) is 0 Å². The second-order valence-electron chi connectivity index (χ2n) is 2.19. The molecule has 0 amide bonds. The van der Waals surface area contributed by atoms with E-state index in [0.717, 1.165) is 0 Å². The second kappa shape index (κ2) is 3.43. The summed E-state index contributed by atoms with van der Waals surface area (Å²) in [5.41, 5.74) is 0.293. The fourth-order valence-electron chi connectivity index (χ4n) is 0.739. The summed E-state index contributed by atoms with van der Waals surface area (Å²) in [6.07, 6.45) is 0. The van der Waals surface area contributed by atoms with Gasteiger partial charge in [0.05, 0.1) is 6.57 Å². The molecule has 0 atom stereocenters. The molecule has 1 rings (SSSR count). The van der Waals surface area contributed by atoms with Crippen molar-refractivity contribution in [3.8, 4) is 5.75 Å². The lowest BCUT2D eigenvalue weighted by molar-refractivity contribution is 0.488. The summed E-state index contributed by atoms with van der Waals surface area (Å²) in [5.74, 6) is 0.0380. The van der Waals surface area contributed by atoms with Crippen LogP contribution in [0, 0.1) is 6.57 Å². The molecular weight excluding hydrogens is 192 g/mol. The monoisotopic (exact) mass is 198 g/mol. The zero-order valence-electron chi connectivity index (χ0n) is 6.47. The highest BCUT2D eigenvalue weighted by atomic mass is 32.2.